The lowest BCUT2D eigenvalue weighted by Gasteiger charge is -2.17. The number of aromatic nitrogens is 1. The first-order valence-electron chi connectivity index (χ1n) is 6.68. The number of amides is 1. The van der Waals surface area contributed by atoms with Gasteiger partial charge in [0.1, 0.15) is 5.76 Å². The van der Waals surface area contributed by atoms with Gasteiger partial charge < -0.3 is 19.3 Å². The van der Waals surface area contributed by atoms with Crippen molar-refractivity contribution in [2.75, 3.05) is 12.4 Å². The number of benzene rings is 1. The number of aryl methyl sites for hydroxylation is 1. The third kappa shape index (κ3) is 4.10. The molecular weight excluding hydrogens is 368 g/mol. The summed E-state index contributed by atoms with van der Waals surface area (Å²) in [6.45, 7) is 3.29. The van der Waals surface area contributed by atoms with E-state index < -0.39 is 12.0 Å². The molecule has 1 aromatic carbocycles. The number of halogens is 1. The maximum atomic E-state index is 12.1. The molecule has 0 fully saturated rings. The van der Waals surface area contributed by atoms with Crippen LogP contribution in [0, 0.1) is 6.92 Å². The van der Waals surface area contributed by atoms with Gasteiger partial charge in [-0.15, -0.1) is 0 Å². The Balaban J connectivity index is 2.14. The zero-order valence-electron chi connectivity index (χ0n) is 12.8. The second-order valence-corrected chi connectivity index (χ2v) is 5.57. The van der Waals surface area contributed by atoms with Crippen LogP contribution in [0.2, 0.25) is 0 Å². The number of carbonyl (C=O) groups is 2. The summed E-state index contributed by atoms with van der Waals surface area (Å²) >= 11 is 3.26. The Kier molecular flexibility index (Phi) is 5.38. The fourth-order valence-corrected chi connectivity index (χ4v) is 2.21. The lowest BCUT2D eigenvalue weighted by Crippen LogP contribution is -2.30. The number of anilines is 1. The topological polar surface area (TPSA) is 90.7 Å². The fourth-order valence-electron chi connectivity index (χ4n) is 1.79. The zero-order chi connectivity index (χ0) is 17.0. The van der Waals surface area contributed by atoms with Crippen molar-refractivity contribution >= 4 is 33.9 Å². The normalized spacial score (nSPS) is 11.7. The van der Waals surface area contributed by atoms with E-state index in [0.717, 1.165) is 0 Å². The summed E-state index contributed by atoms with van der Waals surface area (Å²) in [4.78, 5) is 23.1. The summed E-state index contributed by atoms with van der Waals surface area (Å²) < 4.78 is 16.2. The molecular formula is C15H15BrN2O5. The molecule has 0 saturated carbocycles. The number of nitrogens with one attached hydrogen (secondary N) is 1. The highest BCUT2D eigenvalue weighted by molar-refractivity contribution is 9.10. The third-order valence-electron chi connectivity index (χ3n) is 2.96. The summed E-state index contributed by atoms with van der Waals surface area (Å²) in [7, 11) is 1.47. The minimum atomic E-state index is -0.832. The van der Waals surface area contributed by atoms with Gasteiger partial charge in [0.25, 0.3) is 5.91 Å². The standard InChI is InChI=1S/C15H15BrN2O5/c1-8-4-14(18-23-8)17-15(20)9(2)22-13-5-10(7-19)11(16)6-12(13)21-3/h4-7,9H,1-3H3,(H,17,18,20)/t9-/m0/s1. The van der Waals surface area contributed by atoms with Crippen molar-refractivity contribution in [3.8, 4) is 11.5 Å². The summed E-state index contributed by atoms with van der Waals surface area (Å²) in [5.74, 6) is 1.17. The lowest BCUT2D eigenvalue weighted by molar-refractivity contribution is -0.122. The minimum absolute atomic E-state index is 0.289. The fraction of sp³-hybridized carbons (Fsp3) is 0.267. The minimum Gasteiger partial charge on any atom is -0.493 e. The van der Waals surface area contributed by atoms with Gasteiger partial charge in [-0.05, 0) is 41.9 Å². The molecule has 0 spiro atoms. The quantitative estimate of drug-likeness (QED) is 0.772. The Morgan fingerprint density at radius 3 is 2.70 bits per heavy atom. The van der Waals surface area contributed by atoms with Gasteiger partial charge >= 0.3 is 0 Å². The monoisotopic (exact) mass is 382 g/mol. The Bertz CT molecular complexity index is 729. The van der Waals surface area contributed by atoms with E-state index >= 15 is 0 Å². The van der Waals surface area contributed by atoms with Gasteiger partial charge in [0.05, 0.1) is 7.11 Å². The molecule has 1 N–H and O–H groups in total. The average Bonchev–Trinajstić information content (AvgIpc) is 2.93. The number of hydrogen-bond acceptors (Lipinski definition) is 6. The molecule has 23 heavy (non-hydrogen) atoms. The van der Waals surface area contributed by atoms with E-state index in [1.54, 1.807) is 26.0 Å². The number of aldehydes is 1. The van der Waals surface area contributed by atoms with Gasteiger partial charge in [-0.2, -0.15) is 0 Å². The zero-order valence-corrected chi connectivity index (χ0v) is 14.3. The second kappa shape index (κ2) is 7.28. The van der Waals surface area contributed by atoms with Crippen molar-refractivity contribution in [2.45, 2.75) is 20.0 Å². The van der Waals surface area contributed by atoms with Gasteiger partial charge in [0.2, 0.25) is 0 Å². The van der Waals surface area contributed by atoms with Crippen LogP contribution in [0.4, 0.5) is 5.82 Å². The largest absolute Gasteiger partial charge is 0.493 e. The van der Waals surface area contributed by atoms with Crippen LogP contribution in [0.5, 0.6) is 11.5 Å². The first-order valence-corrected chi connectivity index (χ1v) is 7.47. The Morgan fingerprint density at radius 2 is 2.13 bits per heavy atom. The van der Waals surface area contributed by atoms with E-state index in [1.807, 2.05) is 0 Å². The molecule has 1 amide bonds. The molecule has 2 aromatic rings. The molecule has 7 nitrogen and oxygen atoms in total. The average molecular weight is 383 g/mol. The van der Waals surface area contributed by atoms with E-state index in [-0.39, 0.29) is 5.75 Å². The maximum absolute atomic E-state index is 12.1. The van der Waals surface area contributed by atoms with E-state index in [0.29, 0.717) is 33.6 Å². The van der Waals surface area contributed by atoms with E-state index in [2.05, 4.69) is 26.4 Å². The predicted molar refractivity (Wildman–Crippen MR) is 86.0 cm³/mol. The Morgan fingerprint density at radius 1 is 1.39 bits per heavy atom. The molecule has 8 heteroatoms. The molecule has 0 saturated heterocycles. The van der Waals surface area contributed by atoms with Gasteiger partial charge in [-0.25, -0.2) is 0 Å². The van der Waals surface area contributed by atoms with Crippen LogP contribution in [0.25, 0.3) is 0 Å². The van der Waals surface area contributed by atoms with Crippen LogP contribution in [0.1, 0.15) is 23.0 Å². The first-order chi connectivity index (χ1) is 10.9. The highest BCUT2D eigenvalue weighted by Gasteiger charge is 2.19. The van der Waals surface area contributed by atoms with Crippen LogP contribution in [0.15, 0.2) is 27.2 Å². The summed E-state index contributed by atoms with van der Waals surface area (Å²) in [5.41, 5.74) is 0.389. The van der Waals surface area contributed by atoms with Gasteiger partial charge in [0.15, 0.2) is 29.7 Å². The summed E-state index contributed by atoms with van der Waals surface area (Å²) in [6.07, 6.45) is -0.152. The number of methoxy groups -OCH3 is 1. The molecule has 0 radical (unpaired) electrons. The second-order valence-electron chi connectivity index (χ2n) is 4.71. The number of hydrogen-bond donors (Lipinski definition) is 1. The summed E-state index contributed by atoms with van der Waals surface area (Å²) in [5, 5.41) is 6.25. The van der Waals surface area contributed by atoms with Crippen molar-refractivity contribution < 1.29 is 23.6 Å². The SMILES string of the molecule is COc1cc(Br)c(C=O)cc1O[C@@H](C)C(=O)Nc1cc(C)on1. The molecule has 0 aliphatic carbocycles. The third-order valence-corrected chi connectivity index (χ3v) is 3.65. The van der Waals surface area contributed by atoms with E-state index in [1.165, 1.54) is 13.2 Å². The molecule has 122 valence electrons. The van der Waals surface area contributed by atoms with Crippen LogP contribution in [0.3, 0.4) is 0 Å². The molecule has 0 unspecified atom stereocenters. The molecule has 1 aromatic heterocycles. The number of rotatable bonds is 6. The van der Waals surface area contributed by atoms with Crippen molar-refractivity contribution in [1.82, 2.24) is 5.16 Å². The van der Waals surface area contributed by atoms with Crippen LogP contribution in [-0.4, -0.2) is 30.6 Å². The van der Waals surface area contributed by atoms with Crippen molar-refractivity contribution in [1.29, 1.82) is 0 Å². The van der Waals surface area contributed by atoms with E-state index in [9.17, 15) is 9.59 Å². The predicted octanol–water partition coefficient (Wildman–Crippen LogP) is 2.97. The van der Waals surface area contributed by atoms with Crippen molar-refractivity contribution in [3.05, 3.63) is 34.0 Å². The van der Waals surface area contributed by atoms with Crippen molar-refractivity contribution in [3.63, 3.8) is 0 Å². The number of ether oxygens (including phenoxy) is 2. The van der Waals surface area contributed by atoms with E-state index in [4.69, 9.17) is 14.0 Å². The van der Waals surface area contributed by atoms with Crippen LogP contribution in [-0.2, 0) is 4.79 Å². The molecule has 0 aliphatic rings. The first kappa shape index (κ1) is 17.0. The number of nitrogens with zero attached hydrogens (tertiary/aromatic N) is 1. The lowest BCUT2D eigenvalue weighted by atomic mass is 10.2. The molecule has 1 heterocycles. The molecule has 1 atom stereocenters. The molecule has 0 bridgehead atoms. The van der Waals surface area contributed by atoms with Crippen LogP contribution >= 0.6 is 15.9 Å². The van der Waals surface area contributed by atoms with Crippen molar-refractivity contribution in [2.24, 2.45) is 0 Å². The smallest absolute Gasteiger partial charge is 0.266 e. The molecule has 2 rings (SSSR count). The van der Waals surface area contributed by atoms with Gasteiger partial charge in [0, 0.05) is 16.1 Å². The maximum Gasteiger partial charge on any atom is 0.266 e. The highest BCUT2D eigenvalue weighted by Crippen LogP contribution is 2.33. The Labute approximate surface area is 141 Å². The highest BCUT2D eigenvalue weighted by atomic mass is 79.9. The van der Waals surface area contributed by atoms with Gasteiger partial charge in [-0.3, -0.25) is 9.59 Å². The van der Waals surface area contributed by atoms with Gasteiger partial charge in [-0.1, -0.05) is 5.16 Å². The Hall–Kier alpha value is -2.35. The number of carbonyl (C=O) groups excluding carboxylic acids is 2. The summed E-state index contributed by atoms with van der Waals surface area (Å²) in [6, 6.07) is 4.69. The molecule has 0 aliphatic heterocycles. The van der Waals surface area contributed by atoms with Crippen LogP contribution < -0.4 is 14.8 Å².